The van der Waals surface area contributed by atoms with E-state index in [0.717, 1.165) is 45.5 Å². The zero-order valence-corrected chi connectivity index (χ0v) is 16.0. The Kier molecular flexibility index (Phi) is 8.36. The number of carbonyl (C=O) groups excluding carboxylic acids is 1. The smallest absolute Gasteiger partial charge is 0.306 e. The van der Waals surface area contributed by atoms with Crippen LogP contribution in [-0.2, 0) is 16.1 Å². The fraction of sp³-hybridized carbons (Fsp3) is 0.667. The van der Waals surface area contributed by atoms with Crippen LogP contribution < -0.4 is 16.2 Å². The second kappa shape index (κ2) is 10.7. The zero-order valence-electron chi connectivity index (χ0n) is 15.2. The predicted molar refractivity (Wildman–Crippen MR) is 102 cm³/mol. The first-order valence-electron chi connectivity index (χ1n) is 8.76. The average molecular weight is 399 g/mol. The summed E-state index contributed by atoms with van der Waals surface area (Å²) in [5, 5.41) is 17.9. The van der Waals surface area contributed by atoms with Gasteiger partial charge in [-0.3, -0.25) is 35.3 Å². The minimum absolute atomic E-state index is 0.108. The number of hydrazine groups is 1. The number of rotatable bonds is 8. The summed E-state index contributed by atoms with van der Waals surface area (Å²) in [6, 6.07) is 0. The maximum Gasteiger partial charge on any atom is 0.306 e. The Hall–Kier alpha value is -2.31. The molecule has 1 aromatic rings. The van der Waals surface area contributed by atoms with Gasteiger partial charge in [-0.1, -0.05) is 6.92 Å². The fourth-order valence-electron chi connectivity index (χ4n) is 2.53. The molecule has 2 rings (SSSR count). The molecule has 0 unspecified atom stereocenters. The molecule has 2 heterocycles. The summed E-state index contributed by atoms with van der Waals surface area (Å²) in [6.07, 6.45) is 3.38. The van der Waals surface area contributed by atoms with Crippen molar-refractivity contribution in [2.45, 2.75) is 19.9 Å². The molecule has 150 valence electrons. The molecular weight excluding hydrogens is 374 g/mol. The van der Waals surface area contributed by atoms with Crippen molar-refractivity contribution in [2.24, 2.45) is 5.92 Å². The van der Waals surface area contributed by atoms with E-state index >= 15 is 0 Å². The number of hydrogen-bond donors (Lipinski definition) is 3. The van der Waals surface area contributed by atoms with E-state index in [1.807, 2.05) is 0 Å². The van der Waals surface area contributed by atoms with Crippen LogP contribution in [0.25, 0.3) is 0 Å². The Morgan fingerprint density at radius 2 is 2.19 bits per heavy atom. The Morgan fingerprint density at radius 3 is 2.85 bits per heavy atom. The van der Waals surface area contributed by atoms with E-state index in [0.29, 0.717) is 11.7 Å². The summed E-state index contributed by atoms with van der Waals surface area (Å²) in [5.74, 6) is -0.730. The molecule has 0 saturated carbocycles. The van der Waals surface area contributed by atoms with Gasteiger partial charge in [0.05, 0.1) is 30.6 Å². The van der Waals surface area contributed by atoms with Crippen molar-refractivity contribution < 1.29 is 14.5 Å². The number of amides is 1. The second-order valence-electron chi connectivity index (χ2n) is 6.26. The largest absolute Gasteiger partial charge is 0.379 e. The number of aromatic nitrogens is 2. The van der Waals surface area contributed by atoms with Crippen molar-refractivity contribution in [3.63, 3.8) is 0 Å². The van der Waals surface area contributed by atoms with E-state index in [2.05, 4.69) is 26.2 Å². The van der Waals surface area contributed by atoms with Crippen LogP contribution in [0, 0.1) is 16.0 Å². The highest BCUT2D eigenvalue weighted by Gasteiger charge is 2.16. The van der Waals surface area contributed by atoms with Crippen molar-refractivity contribution in [3.8, 4) is 0 Å². The summed E-state index contributed by atoms with van der Waals surface area (Å²) < 4.78 is 6.67. The standard InChI is InChI=1S/C15H25N7O4S/c1-12(10-21-11-13(9-17-21)22(24)25)14(23)18-19-15(27)16-3-2-4-20-5-7-26-8-6-20/h9,11-12H,2-8,10H2,1H3,(H,18,23)(H2,16,19,27)/t12-/m0/s1. The van der Waals surface area contributed by atoms with Gasteiger partial charge >= 0.3 is 5.69 Å². The Morgan fingerprint density at radius 1 is 1.44 bits per heavy atom. The number of morpholine rings is 1. The molecule has 1 saturated heterocycles. The van der Waals surface area contributed by atoms with Crippen molar-refractivity contribution in [3.05, 3.63) is 22.5 Å². The van der Waals surface area contributed by atoms with Crippen LogP contribution in [0.1, 0.15) is 13.3 Å². The molecule has 0 aromatic carbocycles. The molecule has 1 aliphatic rings. The third-order valence-corrected chi connectivity index (χ3v) is 4.32. The van der Waals surface area contributed by atoms with E-state index in [1.54, 1.807) is 6.92 Å². The molecular formula is C15H25N7O4S. The highest BCUT2D eigenvalue weighted by Crippen LogP contribution is 2.09. The van der Waals surface area contributed by atoms with Crippen LogP contribution in [0.3, 0.4) is 0 Å². The van der Waals surface area contributed by atoms with Crippen molar-refractivity contribution >= 4 is 28.9 Å². The molecule has 1 aliphatic heterocycles. The van der Waals surface area contributed by atoms with Gasteiger partial charge in [0.2, 0.25) is 5.91 Å². The summed E-state index contributed by atoms with van der Waals surface area (Å²) in [5.41, 5.74) is 5.08. The lowest BCUT2D eigenvalue weighted by Gasteiger charge is -2.26. The number of nitrogens with zero attached hydrogens (tertiary/aromatic N) is 4. The lowest BCUT2D eigenvalue weighted by Crippen LogP contribution is -2.49. The van der Waals surface area contributed by atoms with Crippen molar-refractivity contribution in [1.29, 1.82) is 0 Å². The number of nitrogens with one attached hydrogen (secondary N) is 3. The van der Waals surface area contributed by atoms with Gasteiger partial charge in [-0.15, -0.1) is 0 Å². The molecule has 0 aliphatic carbocycles. The van der Waals surface area contributed by atoms with E-state index < -0.39 is 10.8 Å². The van der Waals surface area contributed by atoms with Gasteiger partial charge in [-0.25, -0.2) is 0 Å². The monoisotopic (exact) mass is 399 g/mol. The zero-order chi connectivity index (χ0) is 19.6. The normalized spacial score (nSPS) is 15.7. The molecule has 12 heteroatoms. The first-order valence-corrected chi connectivity index (χ1v) is 9.17. The van der Waals surface area contributed by atoms with Gasteiger partial charge in [0.1, 0.15) is 12.4 Å². The van der Waals surface area contributed by atoms with Gasteiger partial charge < -0.3 is 10.1 Å². The molecule has 1 fully saturated rings. The van der Waals surface area contributed by atoms with Gasteiger partial charge in [0, 0.05) is 19.6 Å². The quantitative estimate of drug-likeness (QED) is 0.232. The molecule has 0 bridgehead atoms. The van der Waals surface area contributed by atoms with Crippen LogP contribution in [0.2, 0.25) is 0 Å². The second-order valence-corrected chi connectivity index (χ2v) is 6.66. The first-order chi connectivity index (χ1) is 13.0. The van der Waals surface area contributed by atoms with E-state index in [4.69, 9.17) is 17.0 Å². The Bertz CT molecular complexity index is 648. The van der Waals surface area contributed by atoms with Crippen molar-refractivity contribution in [2.75, 3.05) is 39.4 Å². The Labute approximate surface area is 162 Å². The summed E-state index contributed by atoms with van der Waals surface area (Å²) >= 11 is 5.13. The van der Waals surface area contributed by atoms with Crippen LogP contribution in [0.5, 0.6) is 0 Å². The third-order valence-electron chi connectivity index (χ3n) is 4.08. The number of carbonyl (C=O) groups is 1. The first kappa shape index (κ1) is 21.0. The van der Waals surface area contributed by atoms with Crippen LogP contribution in [0.4, 0.5) is 5.69 Å². The Balaban J connectivity index is 1.59. The summed E-state index contributed by atoms with van der Waals surface area (Å²) in [6.45, 7) is 7.06. The van der Waals surface area contributed by atoms with Crippen LogP contribution in [-0.4, -0.2) is 70.0 Å². The lowest BCUT2D eigenvalue weighted by atomic mass is 10.2. The van der Waals surface area contributed by atoms with Gasteiger partial charge in [-0.05, 0) is 25.2 Å². The highest BCUT2D eigenvalue weighted by molar-refractivity contribution is 7.80. The minimum Gasteiger partial charge on any atom is -0.379 e. The number of thiocarbonyl (C=S) groups is 1. The third kappa shape index (κ3) is 7.45. The number of hydrogen-bond acceptors (Lipinski definition) is 7. The predicted octanol–water partition coefficient (Wildman–Crippen LogP) is -0.355. The maximum absolute atomic E-state index is 12.1. The molecule has 3 N–H and O–H groups in total. The molecule has 0 radical (unpaired) electrons. The number of nitro groups is 1. The minimum atomic E-state index is -0.529. The molecule has 0 spiro atoms. The molecule has 1 atom stereocenters. The van der Waals surface area contributed by atoms with Gasteiger partial charge in [0.25, 0.3) is 0 Å². The highest BCUT2D eigenvalue weighted by atomic mass is 32.1. The van der Waals surface area contributed by atoms with E-state index in [9.17, 15) is 14.9 Å². The number of ether oxygens (including phenoxy) is 1. The summed E-state index contributed by atoms with van der Waals surface area (Å²) in [4.78, 5) is 24.5. The fourth-order valence-corrected chi connectivity index (χ4v) is 2.68. The maximum atomic E-state index is 12.1. The van der Waals surface area contributed by atoms with E-state index in [1.165, 1.54) is 10.9 Å². The molecule has 1 aromatic heterocycles. The molecule has 1 amide bonds. The molecule has 27 heavy (non-hydrogen) atoms. The SMILES string of the molecule is C[C@@H](Cn1cc([N+](=O)[O-])cn1)C(=O)NNC(=S)NCCCN1CCOCC1. The van der Waals surface area contributed by atoms with Crippen LogP contribution in [0.15, 0.2) is 12.4 Å². The van der Waals surface area contributed by atoms with E-state index in [-0.39, 0.29) is 18.1 Å². The molecule has 11 nitrogen and oxygen atoms in total. The van der Waals surface area contributed by atoms with Crippen molar-refractivity contribution in [1.82, 2.24) is 30.8 Å². The average Bonchev–Trinajstić information content (AvgIpc) is 3.13. The van der Waals surface area contributed by atoms with Crippen LogP contribution >= 0.6 is 12.2 Å². The van der Waals surface area contributed by atoms with Gasteiger partial charge in [-0.2, -0.15) is 5.10 Å². The topological polar surface area (TPSA) is 127 Å². The lowest BCUT2D eigenvalue weighted by molar-refractivity contribution is -0.385. The summed E-state index contributed by atoms with van der Waals surface area (Å²) in [7, 11) is 0. The van der Waals surface area contributed by atoms with Gasteiger partial charge in [0.15, 0.2) is 5.11 Å².